The number of hydrogen-bond acceptors (Lipinski definition) is 3. The molecule has 1 aromatic rings. The Balaban J connectivity index is 1.98. The van der Waals surface area contributed by atoms with E-state index >= 15 is 0 Å². The lowest BCUT2D eigenvalue weighted by atomic mass is 10.1. The molecule has 0 unspecified atom stereocenters. The Hall–Kier alpha value is -1.35. The molecular weight excluding hydrogens is 274 g/mol. The van der Waals surface area contributed by atoms with Gasteiger partial charge in [0.25, 0.3) is 0 Å². The van der Waals surface area contributed by atoms with Gasteiger partial charge < -0.3 is 5.11 Å². The Morgan fingerprint density at radius 1 is 1.30 bits per heavy atom. The summed E-state index contributed by atoms with van der Waals surface area (Å²) in [6, 6.07) is 7.40. The van der Waals surface area contributed by atoms with Crippen LogP contribution in [0.2, 0.25) is 0 Å². The van der Waals surface area contributed by atoms with Crippen molar-refractivity contribution < 1.29 is 13.5 Å². The molecule has 4 nitrogen and oxygen atoms in total. The van der Waals surface area contributed by atoms with Gasteiger partial charge in [-0.1, -0.05) is 24.0 Å². The van der Waals surface area contributed by atoms with Crippen molar-refractivity contribution in [3.8, 4) is 11.8 Å². The van der Waals surface area contributed by atoms with Gasteiger partial charge in [-0.3, -0.25) is 0 Å². The molecule has 1 N–H and O–H groups in total. The fraction of sp³-hybridized carbons (Fsp3) is 0.467. The van der Waals surface area contributed by atoms with Crippen molar-refractivity contribution in [1.82, 2.24) is 4.31 Å². The van der Waals surface area contributed by atoms with Gasteiger partial charge in [-0.15, -0.1) is 0 Å². The van der Waals surface area contributed by atoms with Crippen LogP contribution in [0.25, 0.3) is 0 Å². The van der Waals surface area contributed by atoms with Gasteiger partial charge in [0.2, 0.25) is 10.0 Å². The zero-order valence-electron chi connectivity index (χ0n) is 11.5. The van der Waals surface area contributed by atoms with E-state index in [-0.39, 0.29) is 12.4 Å². The molecule has 108 valence electrons. The third-order valence-electron chi connectivity index (χ3n) is 3.29. The fourth-order valence-electron chi connectivity index (χ4n) is 1.90. The molecule has 0 saturated heterocycles. The molecule has 1 saturated carbocycles. The van der Waals surface area contributed by atoms with Crippen molar-refractivity contribution in [3.05, 3.63) is 35.4 Å². The van der Waals surface area contributed by atoms with E-state index in [2.05, 4.69) is 11.8 Å². The summed E-state index contributed by atoms with van der Waals surface area (Å²) in [7, 11) is -1.53. The molecule has 0 atom stereocenters. The van der Waals surface area contributed by atoms with Gasteiger partial charge in [-0.25, -0.2) is 12.7 Å². The first kappa shape index (κ1) is 15.0. The summed E-state index contributed by atoms with van der Waals surface area (Å²) in [6.07, 6.45) is 2.07. The molecule has 5 heteroatoms. The smallest absolute Gasteiger partial charge is 0.214 e. The maximum absolute atomic E-state index is 12.1. The van der Waals surface area contributed by atoms with Crippen LogP contribution in [-0.4, -0.2) is 37.2 Å². The van der Waals surface area contributed by atoms with Gasteiger partial charge in [0, 0.05) is 19.2 Å². The lowest BCUT2D eigenvalue weighted by molar-refractivity contribution is 0.350. The molecule has 0 heterocycles. The number of sulfonamides is 1. The predicted molar refractivity (Wildman–Crippen MR) is 78.4 cm³/mol. The summed E-state index contributed by atoms with van der Waals surface area (Å²) in [4.78, 5) is 0. The summed E-state index contributed by atoms with van der Waals surface area (Å²) in [6.45, 7) is 0.215. The molecule has 0 bridgehead atoms. The SMILES string of the molecule is CN(Cc1ccc(C#CCO)cc1)S(=O)(=O)CC1CC1. The van der Waals surface area contributed by atoms with Crippen LogP contribution in [0.3, 0.4) is 0 Å². The van der Waals surface area contributed by atoms with Crippen molar-refractivity contribution in [1.29, 1.82) is 0 Å². The molecule has 1 aliphatic rings. The largest absolute Gasteiger partial charge is 0.384 e. The van der Waals surface area contributed by atoms with Gasteiger partial charge in [-0.2, -0.15) is 0 Å². The van der Waals surface area contributed by atoms with Gasteiger partial charge in [0.1, 0.15) is 6.61 Å². The number of aliphatic hydroxyl groups is 1. The molecule has 2 rings (SSSR count). The minimum atomic E-state index is -3.15. The first-order chi connectivity index (χ1) is 9.51. The van der Waals surface area contributed by atoms with E-state index in [9.17, 15) is 8.42 Å². The minimum absolute atomic E-state index is 0.163. The maximum Gasteiger partial charge on any atom is 0.214 e. The maximum atomic E-state index is 12.1. The first-order valence-corrected chi connectivity index (χ1v) is 8.25. The highest BCUT2D eigenvalue weighted by atomic mass is 32.2. The lowest BCUT2D eigenvalue weighted by Crippen LogP contribution is -2.29. The third-order valence-corrected chi connectivity index (χ3v) is 5.26. The highest BCUT2D eigenvalue weighted by molar-refractivity contribution is 7.89. The van der Waals surface area contributed by atoms with E-state index in [0.717, 1.165) is 24.0 Å². The Kier molecular flexibility index (Phi) is 4.81. The highest BCUT2D eigenvalue weighted by Crippen LogP contribution is 2.31. The Morgan fingerprint density at radius 3 is 2.50 bits per heavy atom. The number of rotatable bonds is 5. The third kappa shape index (κ3) is 4.34. The zero-order chi connectivity index (χ0) is 14.6. The monoisotopic (exact) mass is 293 g/mol. The van der Waals surface area contributed by atoms with Crippen molar-refractivity contribution in [2.45, 2.75) is 19.4 Å². The van der Waals surface area contributed by atoms with E-state index in [0.29, 0.717) is 12.5 Å². The second kappa shape index (κ2) is 6.40. The summed E-state index contributed by atoms with van der Waals surface area (Å²) in [5.74, 6) is 6.01. The molecule has 20 heavy (non-hydrogen) atoms. The van der Waals surface area contributed by atoms with Crippen molar-refractivity contribution in [2.24, 2.45) is 5.92 Å². The van der Waals surface area contributed by atoms with E-state index < -0.39 is 10.0 Å². The van der Waals surface area contributed by atoms with E-state index in [1.54, 1.807) is 7.05 Å². The highest BCUT2D eigenvalue weighted by Gasteiger charge is 2.30. The summed E-state index contributed by atoms with van der Waals surface area (Å²) >= 11 is 0. The summed E-state index contributed by atoms with van der Waals surface area (Å²) in [5, 5.41) is 8.62. The van der Waals surface area contributed by atoms with Gasteiger partial charge in [0.15, 0.2) is 0 Å². The summed E-state index contributed by atoms with van der Waals surface area (Å²) in [5.41, 5.74) is 1.74. The molecule has 0 radical (unpaired) electrons. The summed E-state index contributed by atoms with van der Waals surface area (Å²) < 4.78 is 25.6. The predicted octanol–water partition coefficient (Wildman–Crippen LogP) is 1.20. The molecule has 1 aromatic carbocycles. The lowest BCUT2D eigenvalue weighted by Gasteiger charge is -2.17. The molecule has 1 fully saturated rings. The zero-order valence-corrected chi connectivity index (χ0v) is 12.4. The standard InChI is InChI=1S/C15H19NO3S/c1-16(20(18,19)12-15-8-9-15)11-14-6-4-13(5-7-14)3-2-10-17/h4-7,15,17H,8-12H2,1H3. The van der Waals surface area contributed by atoms with Crippen LogP contribution in [0.15, 0.2) is 24.3 Å². The van der Waals surface area contributed by atoms with Crippen LogP contribution in [0, 0.1) is 17.8 Å². The van der Waals surface area contributed by atoms with Gasteiger partial charge in [-0.05, 0) is 36.5 Å². The van der Waals surface area contributed by atoms with E-state index in [1.165, 1.54) is 4.31 Å². The normalized spacial score (nSPS) is 14.9. The topological polar surface area (TPSA) is 57.6 Å². The minimum Gasteiger partial charge on any atom is -0.384 e. The number of benzene rings is 1. The van der Waals surface area contributed by atoms with Crippen LogP contribution < -0.4 is 0 Å². The molecular formula is C15H19NO3S. The van der Waals surface area contributed by atoms with Crippen LogP contribution >= 0.6 is 0 Å². The van der Waals surface area contributed by atoms with Crippen LogP contribution in [-0.2, 0) is 16.6 Å². The first-order valence-electron chi connectivity index (χ1n) is 6.64. The Morgan fingerprint density at radius 2 is 1.95 bits per heavy atom. The molecule has 0 amide bonds. The second-order valence-electron chi connectivity index (χ2n) is 5.13. The quantitative estimate of drug-likeness (QED) is 0.830. The van der Waals surface area contributed by atoms with Crippen molar-refractivity contribution in [2.75, 3.05) is 19.4 Å². The molecule has 0 aromatic heterocycles. The Bertz CT molecular complexity index is 607. The number of nitrogens with zero attached hydrogens (tertiary/aromatic N) is 1. The van der Waals surface area contributed by atoms with Crippen LogP contribution in [0.5, 0.6) is 0 Å². The second-order valence-corrected chi connectivity index (χ2v) is 7.26. The molecule has 0 aliphatic heterocycles. The van der Waals surface area contributed by atoms with Crippen LogP contribution in [0.1, 0.15) is 24.0 Å². The van der Waals surface area contributed by atoms with Crippen LogP contribution in [0.4, 0.5) is 0 Å². The number of hydrogen-bond donors (Lipinski definition) is 1. The van der Waals surface area contributed by atoms with Gasteiger partial charge >= 0.3 is 0 Å². The van der Waals surface area contributed by atoms with Gasteiger partial charge in [0.05, 0.1) is 5.75 Å². The molecule has 0 spiro atoms. The van der Waals surface area contributed by atoms with Crippen molar-refractivity contribution >= 4 is 10.0 Å². The molecule has 1 aliphatic carbocycles. The fourth-order valence-corrected chi connectivity index (χ4v) is 3.43. The van der Waals surface area contributed by atoms with Crippen molar-refractivity contribution in [3.63, 3.8) is 0 Å². The Labute approximate surface area is 120 Å². The van der Waals surface area contributed by atoms with E-state index in [1.807, 2.05) is 24.3 Å². The van der Waals surface area contributed by atoms with E-state index in [4.69, 9.17) is 5.11 Å². The average Bonchev–Trinajstić information content (AvgIpc) is 3.21. The average molecular weight is 293 g/mol. The number of aliphatic hydroxyl groups excluding tert-OH is 1.